The van der Waals surface area contributed by atoms with Crippen molar-refractivity contribution in [3.05, 3.63) is 46.8 Å². The van der Waals surface area contributed by atoms with Crippen LogP contribution in [-0.2, 0) is 6.54 Å². The molecule has 23 heavy (non-hydrogen) atoms. The van der Waals surface area contributed by atoms with Gasteiger partial charge in [-0.25, -0.2) is 14.6 Å². The molecule has 0 saturated carbocycles. The van der Waals surface area contributed by atoms with Crippen LogP contribution in [0.1, 0.15) is 23.3 Å². The maximum absolute atomic E-state index is 12.2. The van der Waals surface area contributed by atoms with Gasteiger partial charge >= 0.3 is 0 Å². The third kappa shape index (κ3) is 3.71. The number of amides is 1. The Morgan fingerprint density at radius 1 is 1.26 bits per heavy atom. The summed E-state index contributed by atoms with van der Waals surface area (Å²) in [5.74, 6) is 0.500. The van der Waals surface area contributed by atoms with E-state index < -0.39 is 0 Å². The first-order chi connectivity index (χ1) is 11.2. The van der Waals surface area contributed by atoms with E-state index in [4.69, 9.17) is 0 Å². The van der Waals surface area contributed by atoms with Gasteiger partial charge in [0.25, 0.3) is 11.5 Å². The Bertz CT molecular complexity index is 738. The highest BCUT2D eigenvalue weighted by Gasteiger charge is 2.16. The third-order valence-corrected chi connectivity index (χ3v) is 3.71. The van der Waals surface area contributed by atoms with Gasteiger partial charge in [-0.15, -0.1) is 0 Å². The normalized spacial score (nSPS) is 14.0. The average Bonchev–Trinajstić information content (AvgIpc) is 3.11. The standard InChI is InChI=1S/C15H18N6O2/c22-14-4-3-5-19-21(14)9-6-16-15(23)12-10-13(18-11-17-12)20-7-1-2-8-20/h3-5,10-11H,1-2,6-9H2,(H,16,23). The zero-order chi connectivity index (χ0) is 16.1. The first-order valence-electron chi connectivity index (χ1n) is 7.61. The molecule has 0 unspecified atom stereocenters. The number of rotatable bonds is 5. The first kappa shape index (κ1) is 15.1. The summed E-state index contributed by atoms with van der Waals surface area (Å²) in [6.45, 7) is 2.54. The van der Waals surface area contributed by atoms with E-state index in [1.54, 1.807) is 12.1 Å². The number of aromatic nitrogens is 4. The summed E-state index contributed by atoms with van der Waals surface area (Å²) in [7, 11) is 0. The van der Waals surface area contributed by atoms with Crippen LogP contribution in [0.3, 0.4) is 0 Å². The summed E-state index contributed by atoms with van der Waals surface area (Å²) in [5, 5.41) is 6.68. The van der Waals surface area contributed by atoms with Crippen molar-refractivity contribution in [2.24, 2.45) is 0 Å². The van der Waals surface area contributed by atoms with Crippen LogP contribution in [-0.4, -0.2) is 45.3 Å². The van der Waals surface area contributed by atoms with Gasteiger partial charge < -0.3 is 10.2 Å². The molecular formula is C15H18N6O2. The fourth-order valence-electron chi connectivity index (χ4n) is 2.51. The molecule has 0 radical (unpaired) electrons. The molecule has 2 aromatic rings. The summed E-state index contributed by atoms with van der Waals surface area (Å²) in [4.78, 5) is 34.1. The molecule has 8 nitrogen and oxygen atoms in total. The molecular weight excluding hydrogens is 296 g/mol. The molecule has 1 N–H and O–H groups in total. The topological polar surface area (TPSA) is 93.0 Å². The number of carbonyl (C=O) groups is 1. The van der Waals surface area contributed by atoms with E-state index in [9.17, 15) is 9.59 Å². The lowest BCUT2D eigenvalue weighted by atomic mass is 10.3. The van der Waals surface area contributed by atoms with Crippen molar-refractivity contribution in [2.75, 3.05) is 24.5 Å². The molecule has 0 atom stereocenters. The second kappa shape index (κ2) is 6.99. The Labute approximate surface area is 133 Å². The SMILES string of the molecule is O=C(NCCn1ncccc1=O)c1cc(N2CCCC2)ncn1. The number of nitrogens with one attached hydrogen (secondary N) is 1. The Hall–Kier alpha value is -2.77. The lowest BCUT2D eigenvalue weighted by Crippen LogP contribution is -2.32. The minimum absolute atomic E-state index is 0.194. The molecule has 0 aliphatic carbocycles. The third-order valence-electron chi connectivity index (χ3n) is 3.71. The van der Waals surface area contributed by atoms with Gasteiger partial charge in [-0.1, -0.05) is 0 Å². The van der Waals surface area contributed by atoms with Gasteiger partial charge in [-0.2, -0.15) is 5.10 Å². The second-order valence-corrected chi connectivity index (χ2v) is 5.30. The van der Waals surface area contributed by atoms with Crippen molar-refractivity contribution < 1.29 is 4.79 Å². The van der Waals surface area contributed by atoms with Crippen molar-refractivity contribution in [1.29, 1.82) is 0 Å². The minimum atomic E-state index is -0.281. The van der Waals surface area contributed by atoms with Gasteiger partial charge in [0.05, 0.1) is 6.54 Å². The van der Waals surface area contributed by atoms with Crippen molar-refractivity contribution in [3.8, 4) is 0 Å². The molecule has 1 saturated heterocycles. The van der Waals surface area contributed by atoms with Gasteiger partial charge in [0.2, 0.25) is 0 Å². The summed E-state index contributed by atoms with van der Waals surface area (Å²) in [5.41, 5.74) is 0.135. The zero-order valence-corrected chi connectivity index (χ0v) is 12.7. The van der Waals surface area contributed by atoms with Crippen LogP contribution in [0.5, 0.6) is 0 Å². The highest BCUT2D eigenvalue weighted by molar-refractivity contribution is 5.92. The van der Waals surface area contributed by atoms with Gasteiger partial charge in [0.15, 0.2) is 0 Å². The Morgan fingerprint density at radius 2 is 2.09 bits per heavy atom. The smallest absolute Gasteiger partial charge is 0.270 e. The Kier molecular flexibility index (Phi) is 4.60. The summed E-state index contributed by atoms with van der Waals surface area (Å²) < 4.78 is 1.30. The molecule has 0 spiro atoms. The fraction of sp³-hybridized carbons (Fsp3) is 0.400. The Morgan fingerprint density at radius 3 is 2.87 bits per heavy atom. The molecule has 120 valence electrons. The zero-order valence-electron chi connectivity index (χ0n) is 12.7. The molecule has 8 heteroatoms. The Balaban J connectivity index is 1.59. The van der Waals surface area contributed by atoms with E-state index in [2.05, 4.69) is 25.3 Å². The van der Waals surface area contributed by atoms with Crippen molar-refractivity contribution in [3.63, 3.8) is 0 Å². The van der Waals surface area contributed by atoms with Crippen molar-refractivity contribution in [1.82, 2.24) is 25.1 Å². The van der Waals surface area contributed by atoms with Crippen LogP contribution >= 0.6 is 0 Å². The van der Waals surface area contributed by atoms with Gasteiger partial charge in [0, 0.05) is 38.0 Å². The number of hydrogen-bond acceptors (Lipinski definition) is 6. The van der Waals surface area contributed by atoms with Crippen molar-refractivity contribution in [2.45, 2.75) is 19.4 Å². The monoisotopic (exact) mass is 314 g/mol. The molecule has 1 fully saturated rings. The van der Waals surface area contributed by atoms with E-state index in [-0.39, 0.29) is 11.5 Å². The quantitative estimate of drug-likeness (QED) is 0.839. The summed E-state index contributed by atoms with van der Waals surface area (Å²) >= 11 is 0. The van der Waals surface area contributed by atoms with E-state index in [0.29, 0.717) is 18.8 Å². The van der Waals surface area contributed by atoms with Crippen LogP contribution in [0.4, 0.5) is 5.82 Å². The van der Waals surface area contributed by atoms with Crippen LogP contribution in [0.15, 0.2) is 35.5 Å². The first-order valence-corrected chi connectivity index (χ1v) is 7.61. The molecule has 0 aromatic carbocycles. The maximum Gasteiger partial charge on any atom is 0.270 e. The number of anilines is 1. The largest absolute Gasteiger partial charge is 0.357 e. The summed E-state index contributed by atoms with van der Waals surface area (Å²) in [6.07, 6.45) is 5.23. The van der Waals surface area contributed by atoms with Gasteiger partial charge in [0.1, 0.15) is 17.8 Å². The molecule has 1 aliphatic heterocycles. The fourth-order valence-corrected chi connectivity index (χ4v) is 2.51. The van der Waals surface area contributed by atoms with Crippen molar-refractivity contribution >= 4 is 11.7 Å². The van der Waals surface area contributed by atoms with Crippen LogP contribution in [0, 0.1) is 0 Å². The number of carbonyl (C=O) groups excluding carboxylic acids is 1. The predicted octanol–water partition coefficient (Wildman–Crippen LogP) is 0.0635. The molecule has 3 heterocycles. The second-order valence-electron chi connectivity index (χ2n) is 5.30. The molecule has 1 aliphatic rings. The molecule has 1 amide bonds. The average molecular weight is 314 g/mol. The van der Waals surface area contributed by atoms with E-state index >= 15 is 0 Å². The predicted molar refractivity (Wildman–Crippen MR) is 84.3 cm³/mol. The highest BCUT2D eigenvalue weighted by atomic mass is 16.2. The molecule has 3 rings (SSSR count). The van der Waals surface area contributed by atoms with Crippen LogP contribution < -0.4 is 15.8 Å². The van der Waals surface area contributed by atoms with Gasteiger partial charge in [-0.3, -0.25) is 9.59 Å². The minimum Gasteiger partial charge on any atom is -0.357 e. The lowest BCUT2D eigenvalue weighted by Gasteiger charge is -2.16. The van der Waals surface area contributed by atoms with Crippen LogP contribution in [0.2, 0.25) is 0 Å². The number of hydrogen-bond donors (Lipinski definition) is 1. The van der Waals surface area contributed by atoms with Crippen LogP contribution in [0.25, 0.3) is 0 Å². The summed E-state index contributed by atoms with van der Waals surface area (Å²) in [6, 6.07) is 4.72. The van der Waals surface area contributed by atoms with E-state index in [1.165, 1.54) is 23.3 Å². The lowest BCUT2D eigenvalue weighted by molar-refractivity contribution is 0.0946. The van der Waals surface area contributed by atoms with E-state index in [0.717, 1.165) is 31.7 Å². The van der Waals surface area contributed by atoms with Gasteiger partial charge in [-0.05, 0) is 18.9 Å². The molecule has 2 aromatic heterocycles. The number of nitrogens with zero attached hydrogens (tertiary/aromatic N) is 5. The molecule has 0 bridgehead atoms. The highest BCUT2D eigenvalue weighted by Crippen LogP contribution is 2.17. The maximum atomic E-state index is 12.2. The van der Waals surface area contributed by atoms with E-state index in [1.807, 2.05) is 0 Å².